The van der Waals surface area contributed by atoms with Crippen molar-refractivity contribution in [1.29, 1.82) is 0 Å². The van der Waals surface area contributed by atoms with Gasteiger partial charge in [0.05, 0.1) is 6.54 Å². The van der Waals surface area contributed by atoms with Crippen LogP contribution in [0.4, 0.5) is 11.9 Å². The van der Waals surface area contributed by atoms with E-state index in [-0.39, 0.29) is 12.5 Å². The maximum atomic E-state index is 12.6. The van der Waals surface area contributed by atoms with Gasteiger partial charge in [0, 0.05) is 27.2 Å². The topological polar surface area (TPSA) is 83.5 Å². The van der Waals surface area contributed by atoms with Gasteiger partial charge in [-0.25, -0.2) is 0 Å². The van der Waals surface area contributed by atoms with Crippen molar-refractivity contribution in [2.45, 2.75) is 38.3 Å². The number of carbonyl (C=O) groups excluding carboxylic acids is 1. The fourth-order valence-electron chi connectivity index (χ4n) is 3.52. The summed E-state index contributed by atoms with van der Waals surface area (Å²) in [4.78, 5) is 30.2. The van der Waals surface area contributed by atoms with Crippen molar-refractivity contribution in [2.24, 2.45) is 0 Å². The number of nitrogens with one attached hydrogen (secondary N) is 1. The SMILES string of the molecule is CN(C)c1nc(CNC(=O)C2CCc3ccccc3O2)nc(N2CCCC2)n1. The number of ether oxygens (including phenoxy) is 1. The van der Waals surface area contributed by atoms with E-state index in [1.807, 2.05) is 43.3 Å². The molecule has 0 aliphatic carbocycles. The molecule has 1 aromatic carbocycles. The smallest absolute Gasteiger partial charge is 0.261 e. The summed E-state index contributed by atoms with van der Waals surface area (Å²) in [6, 6.07) is 7.86. The van der Waals surface area contributed by atoms with Crippen molar-refractivity contribution < 1.29 is 9.53 Å². The van der Waals surface area contributed by atoms with Crippen LogP contribution in [0.15, 0.2) is 24.3 Å². The summed E-state index contributed by atoms with van der Waals surface area (Å²) in [5.74, 6) is 2.50. The number of para-hydroxylation sites is 1. The van der Waals surface area contributed by atoms with E-state index in [1.165, 1.54) is 0 Å². The van der Waals surface area contributed by atoms with E-state index in [4.69, 9.17) is 4.74 Å². The van der Waals surface area contributed by atoms with Gasteiger partial charge in [0.2, 0.25) is 11.9 Å². The van der Waals surface area contributed by atoms with Gasteiger partial charge in [-0.3, -0.25) is 4.79 Å². The van der Waals surface area contributed by atoms with Crippen molar-refractivity contribution >= 4 is 17.8 Å². The van der Waals surface area contributed by atoms with Crippen LogP contribution in [-0.2, 0) is 17.8 Å². The minimum absolute atomic E-state index is 0.135. The Morgan fingerprint density at radius 3 is 2.79 bits per heavy atom. The zero-order chi connectivity index (χ0) is 19.5. The normalized spacial score (nSPS) is 18.4. The van der Waals surface area contributed by atoms with Crippen molar-refractivity contribution in [1.82, 2.24) is 20.3 Å². The van der Waals surface area contributed by atoms with Crippen molar-refractivity contribution in [3.63, 3.8) is 0 Å². The van der Waals surface area contributed by atoms with E-state index < -0.39 is 6.10 Å². The molecule has 2 aliphatic rings. The number of hydrogen-bond donors (Lipinski definition) is 1. The second kappa shape index (κ2) is 8.00. The molecular formula is C20H26N6O2. The number of aryl methyl sites for hydroxylation is 1. The van der Waals surface area contributed by atoms with E-state index in [1.54, 1.807) is 0 Å². The minimum Gasteiger partial charge on any atom is -0.480 e. The van der Waals surface area contributed by atoms with Gasteiger partial charge in [-0.15, -0.1) is 0 Å². The molecule has 8 heteroatoms. The van der Waals surface area contributed by atoms with Gasteiger partial charge in [-0.05, 0) is 37.3 Å². The van der Waals surface area contributed by atoms with Crippen LogP contribution in [0.1, 0.15) is 30.7 Å². The molecule has 1 atom stereocenters. The lowest BCUT2D eigenvalue weighted by molar-refractivity contribution is -0.128. The van der Waals surface area contributed by atoms with E-state index in [2.05, 4.69) is 25.2 Å². The summed E-state index contributed by atoms with van der Waals surface area (Å²) < 4.78 is 5.87. The monoisotopic (exact) mass is 382 g/mol. The first-order valence-corrected chi connectivity index (χ1v) is 9.79. The molecule has 0 spiro atoms. The molecule has 0 saturated carbocycles. The van der Waals surface area contributed by atoms with E-state index in [0.717, 1.165) is 43.7 Å². The van der Waals surface area contributed by atoms with Crippen LogP contribution in [0, 0.1) is 0 Å². The summed E-state index contributed by atoms with van der Waals surface area (Å²) >= 11 is 0. The minimum atomic E-state index is -0.483. The zero-order valence-electron chi connectivity index (χ0n) is 16.4. The standard InChI is InChI=1S/C20H26N6O2/c1-25(2)19-22-17(23-20(24-19)26-11-5-6-12-26)13-21-18(27)16-10-9-14-7-3-4-8-15(14)28-16/h3-4,7-8,16H,5-6,9-13H2,1-2H3,(H,21,27). The quantitative estimate of drug-likeness (QED) is 0.840. The predicted molar refractivity (Wildman–Crippen MR) is 107 cm³/mol. The summed E-state index contributed by atoms with van der Waals surface area (Å²) in [6.45, 7) is 2.17. The number of aromatic nitrogens is 3. The van der Waals surface area contributed by atoms with E-state index >= 15 is 0 Å². The molecule has 148 valence electrons. The molecule has 1 amide bonds. The molecule has 4 rings (SSSR count). The molecule has 1 aromatic heterocycles. The highest BCUT2D eigenvalue weighted by atomic mass is 16.5. The van der Waals surface area contributed by atoms with Crippen LogP contribution in [0.25, 0.3) is 0 Å². The number of rotatable bonds is 5. The second-order valence-corrected chi connectivity index (χ2v) is 7.41. The van der Waals surface area contributed by atoms with Crippen LogP contribution >= 0.6 is 0 Å². The van der Waals surface area contributed by atoms with E-state index in [9.17, 15) is 4.79 Å². The summed E-state index contributed by atoms with van der Waals surface area (Å²) in [5.41, 5.74) is 1.15. The first-order valence-electron chi connectivity index (χ1n) is 9.79. The first-order chi connectivity index (χ1) is 13.6. The zero-order valence-corrected chi connectivity index (χ0v) is 16.4. The highest BCUT2D eigenvalue weighted by Crippen LogP contribution is 2.27. The lowest BCUT2D eigenvalue weighted by Crippen LogP contribution is -2.40. The van der Waals surface area contributed by atoms with Gasteiger partial charge in [0.15, 0.2) is 11.9 Å². The fraction of sp³-hybridized carbons (Fsp3) is 0.500. The summed E-state index contributed by atoms with van der Waals surface area (Å²) in [6.07, 6.45) is 3.32. The van der Waals surface area contributed by atoms with Gasteiger partial charge in [0.25, 0.3) is 5.91 Å². The Bertz CT molecular complexity index is 850. The summed E-state index contributed by atoms with van der Waals surface area (Å²) in [7, 11) is 3.80. The maximum Gasteiger partial charge on any atom is 0.261 e. The van der Waals surface area contributed by atoms with Crippen LogP contribution < -0.4 is 19.9 Å². The molecule has 1 unspecified atom stereocenters. The lowest BCUT2D eigenvalue weighted by atomic mass is 10.0. The Morgan fingerprint density at radius 1 is 1.21 bits per heavy atom. The Morgan fingerprint density at radius 2 is 2.00 bits per heavy atom. The molecule has 1 N–H and O–H groups in total. The molecule has 0 radical (unpaired) electrons. The Hall–Kier alpha value is -2.90. The molecular weight excluding hydrogens is 356 g/mol. The molecule has 0 bridgehead atoms. The van der Waals surface area contributed by atoms with Gasteiger partial charge in [-0.2, -0.15) is 15.0 Å². The van der Waals surface area contributed by atoms with Gasteiger partial charge in [-0.1, -0.05) is 18.2 Å². The number of hydrogen-bond acceptors (Lipinski definition) is 7. The molecule has 28 heavy (non-hydrogen) atoms. The number of anilines is 2. The van der Waals surface area contributed by atoms with Crippen molar-refractivity contribution in [3.05, 3.63) is 35.7 Å². The maximum absolute atomic E-state index is 12.6. The van der Waals surface area contributed by atoms with Crippen molar-refractivity contribution in [3.8, 4) is 5.75 Å². The third-order valence-corrected chi connectivity index (χ3v) is 5.08. The molecule has 2 aromatic rings. The van der Waals surface area contributed by atoms with Crippen LogP contribution in [0.5, 0.6) is 5.75 Å². The summed E-state index contributed by atoms with van der Waals surface area (Å²) in [5, 5.41) is 2.93. The number of carbonyl (C=O) groups is 1. The number of amides is 1. The number of fused-ring (bicyclic) bond motifs is 1. The Kier molecular flexibility index (Phi) is 5.27. The van der Waals surface area contributed by atoms with Crippen LogP contribution in [0.2, 0.25) is 0 Å². The van der Waals surface area contributed by atoms with Gasteiger partial charge >= 0.3 is 0 Å². The third-order valence-electron chi connectivity index (χ3n) is 5.08. The Labute approximate surface area is 164 Å². The predicted octanol–water partition coefficient (Wildman–Crippen LogP) is 1.55. The van der Waals surface area contributed by atoms with Crippen LogP contribution in [-0.4, -0.2) is 54.1 Å². The molecule has 8 nitrogen and oxygen atoms in total. The molecule has 1 fully saturated rings. The highest BCUT2D eigenvalue weighted by Gasteiger charge is 2.26. The second-order valence-electron chi connectivity index (χ2n) is 7.41. The average molecular weight is 382 g/mol. The Balaban J connectivity index is 1.43. The van der Waals surface area contributed by atoms with Crippen LogP contribution in [0.3, 0.4) is 0 Å². The average Bonchev–Trinajstić information content (AvgIpc) is 3.26. The fourth-order valence-corrected chi connectivity index (χ4v) is 3.52. The largest absolute Gasteiger partial charge is 0.480 e. The first kappa shape index (κ1) is 18.5. The molecule has 2 aliphatic heterocycles. The van der Waals surface area contributed by atoms with Gasteiger partial charge < -0.3 is 19.9 Å². The lowest BCUT2D eigenvalue weighted by Gasteiger charge is -2.25. The number of nitrogens with zero attached hydrogens (tertiary/aromatic N) is 5. The molecule has 1 saturated heterocycles. The van der Waals surface area contributed by atoms with Gasteiger partial charge in [0.1, 0.15) is 5.75 Å². The highest BCUT2D eigenvalue weighted by molar-refractivity contribution is 5.81. The van der Waals surface area contributed by atoms with E-state index in [0.29, 0.717) is 24.1 Å². The third kappa shape index (κ3) is 4.00. The number of benzene rings is 1. The van der Waals surface area contributed by atoms with Crippen molar-refractivity contribution in [2.75, 3.05) is 37.0 Å². The molecule has 3 heterocycles.